The summed E-state index contributed by atoms with van der Waals surface area (Å²) in [6.45, 7) is 1.56. The zero-order chi connectivity index (χ0) is 7.56. The minimum Gasteiger partial charge on any atom is -0.353 e. The monoisotopic (exact) mass is 254 g/mol. The molecule has 58 valence electrons. The third kappa shape index (κ3) is 2.09. The van der Waals surface area contributed by atoms with E-state index in [4.69, 9.17) is 0 Å². The molecule has 0 aromatic rings. The van der Waals surface area contributed by atoms with Gasteiger partial charge in [0.25, 0.3) is 0 Å². The molecule has 10 heavy (non-hydrogen) atoms. The van der Waals surface area contributed by atoms with E-state index in [0.29, 0.717) is 12.1 Å². The smallest absolute Gasteiger partial charge is 0.217 e. The first-order valence-corrected chi connectivity index (χ1v) is 4.43. The van der Waals surface area contributed by atoms with E-state index in [9.17, 15) is 4.79 Å². The van der Waals surface area contributed by atoms with Crippen LogP contribution in [-0.2, 0) is 4.79 Å². The number of amides is 1. The van der Waals surface area contributed by atoms with Crippen molar-refractivity contribution in [3.8, 4) is 0 Å². The summed E-state index contributed by atoms with van der Waals surface area (Å²) >= 11 is 2.15. The zero-order valence-electron chi connectivity index (χ0n) is 5.86. The molecule has 0 unspecified atom stereocenters. The second-order valence-electron chi connectivity index (χ2n) is 2.67. The molecule has 1 amide bonds. The van der Waals surface area contributed by atoms with Crippen molar-refractivity contribution in [3.63, 3.8) is 0 Å². The van der Waals surface area contributed by atoms with Gasteiger partial charge in [0.1, 0.15) is 0 Å². The largest absolute Gasteiger partial charge is 0.353 e. The lowest BCUT2D eigenvalue weighted by Gasteiger charge is -2.34. The molecule has 2 N–H and O–H groups in total. The van der Waals surface area contributed by atoms with Crippen molar-refractivity contribution in [1.29, 1.82) is 0 Å². The average Bonchev–Trinajstić information content (AvgIpc) is 1.76. The van der Waals surface area contributed by atoms with Gasteiger partial charge in [-0.15, -0.1) is 0 Å². The molecule has 0 heterocycles. The summed E-state index contributed by atoms with van der Waals surface area (Å²) in [6.07, 6.45) is 2.14. The van der Waals surface area contributed by atoms with E-state index >= 15 is 0 Å². The van der Waals surface area contributed by atoms with Crippen LogP contribution in [0.5, 0.6) is 0 Å². The van der Waals surface area contributed by atoms with Crippen LogP contribution in [0.4, 0.5) is 0 Å². The highest BCUT2D eigenvalue weighted by atomic mass is 127. The van der Waals surface area contributed by atoms with E-state index in [-0.39, 0.29) is 5.91 Å². The van der Waals surface area contributed by atoms with Crippen LogP contribution in [-0.4, -0.2) is 18.0 Å². The predicted molar refractivity (Wildman–Crippen MR) is 47.8 cm³/mol. The minimum absolute atomic E-state index is 0.0805. The van der Waals surface area contributed by atoms with Crippen molar-refractivity contribution in [3.05, 3.63) is 0 Å². The second-order valence-corrected chi connectivity index (χ2v) is 3.30. The van der Waals surface area contributed by atoms with Gasteiger partial charge in [-0.1, -0.05) is 0 Å². The van der Waals surface area contributed by atoms with E-state index in [1.54, 1.807) is 6.92 Å². The summed E-state index contributed by atoms with van der Waals surface area (Å²) in [7, 11) is 0. The number of halogens is 1. The molecular formula is C6H11IN2O. The van der Waals surface area contributed by atoms with Crippen LogP contribution in [0.3, 0.4) is 0 Å². The molecule has 1 fully saturated rings. The van der Waals surface area contributed by atoms with Crippen molar-refractivity contribution < 1.29 is 4.79 Å². The number of nitrogens with one attached hydrogen (secondary N) is 2. The Morgan fingerprint density at radius 2 is 2.10 bits per heavy atom. The molecule has 0 atom stereocenters. The molecule has 1 rings (SSSR count). The Kier molecular flexibility index (Phi) is 2.91. The molecule has 1 aliphatic rings. The standard InChI is InChI=1S/C6H11IN2O/c1-4(10)8-5-2-6(3-5)9-7/h5-6,9H,2-3H2,1H3,(H,8,10)/t5-,6+. The fraction of sp³-hybridized carbons (Fsp3) is 0.833. The SMILES string of the molecule is CC(=O)N[C@H]1C[C@@H](NI)C1. The Morgan fingerprint density at radius 3 is 2.50 bits per heavy atom. The summed E-state index contributed by atoms with van der Waals surface area (Å²) in [5.74, 6) is 0.0805. The Hall–Kier alpha value is 0.160. The minimum atomic E-state index is 0.0805. The molecule has 0 aromatic carbocycles. The topological polar surface area (TPSA) is 41.1 Å². The van der Waals surface area contributed by atoms with Crippen molar-refractivity contribution in [2.24, 2.45) is 0 Å². The lowest BCUT2D eigenvalue weighted by Crippen LogP contribution is -2.49. The Labute approximate surface area is 74.4 Å². The maximum absolute atomic E-state index is 10.5. The first kappa shape index (κ1) is 8.26. The quantitative estimate of drug-likeness (QED) is 0.559. The van der Waals surface area contributed by atoms with Crippen LogP contribution in [0.15, 0.2) is 0 Å². The molecule has 3 nitrogen and oxygen atoms in total. The van der Waals surface area contributed by atoms with Crippen LogP contribution >= 0.6 is 22.9 Å². The summed E-state index contributed by atoms with van der Waals surface area (Å²) < 4.78 is 3.12. The Balaban J connectivity index is 2.08. The van der Waals surface area contributed by atoms with Gasteiger partial charge in [-0.05, 0) is 12.8 Å². The summed E-state index contributed by atoms with van der Waals surface area (Å²) in [4.78, 5) is 10.5. The highest BCUT2D eigenvalue weighted by molar-refractivity contribution is 14.1. The maximum atomic E-state index is 10.5. The molecule has 0 saturated heterocycles. The van der Waals surface area contributed by atoms with Crippen LogP contribution in [0.1, 0.15) is 19.8 Å². The predicted octanol–water partition coefficient (Wildman–Crippen LogP) is 0.593. The number of hydrogen-bond acceptors (Lipinski definition) is 2. The molecule has 0 aromatic heterocycles. The van der Waals surface area contributed by atoms with E-state index in [1.165, 1.54) is 0 Å². The Morgan fingerprint density at radius 1 is 1.50 bits per heavy atom. The van der Waals surface area contributed by atoms with Gasteiger partial charge >= 0.3 is 0 Å². The van der Waals surface area contributed by atoms with Crippen LogP contribution in [0.25, 0.3) is 0 Å². The number of carbonyl (C=O) groups excluding carboxylic acids is 1. The van der Waals surface area contributed by atoms with Gasteiger partial charge in [0.15, 0.2) is 0 Å². The molecular weight excluding hydrogens is 243 g/mol. The van der Waals surface area contributed by atoms with Gasteiger partial charge < -0.3 is 5.32 Å². The maximum Gasteiger partial charge on any atom is 0.217 e. The fourth-order valence-electron chi connectivity index (χ4n) is 1.11. The molecule has 1 saturated carbocycles. The molecule has 0 spiro atoms. The van der Waals surface area contributed by atoms with Crippen LogP contribution in [0, 0.1) is 0 Å². The van der Waals surface area contributed by atoms with E-state index < -0.39 is 0 Å². The number of carbonyl (C=O) groups is 1. The average molecular weight is 254 g/mol. The third-order valence-corrected chi connectivity index (χ3v) is 2.58. The van der Waals surface area contributed by atoms with Crippen molar-refractivity contribution >= 4 is 28.8 Å². The highest BCUT2D eigenvalue weighted by Crippen LogP contribution is 2.20. The van der Waals surface area contributed by atoms with Gasteiger partial charge in [-0.3, -0.25) is 8.32 Å². The second kappa shape index (κ2) is 3.52. The van der Waals surface area contributed by atoms with Gasteiger partial charge in [-0.25, -0.2) is 0 Å². The highest BCUT2D eigenvalue weighted by Gasteiger charge is 2.28. The first-order chi connectivity index (χ1) is 4.72. The lowest BCUT2D eigenvalue weighted by atomic mass is 9.88. The molecule has 4 heteroatoms. The summed E-state index contributed by atoms with van der Waals surface area (Å²) in [5, 5.41) is 2.86. The van der Waals surface area contributed by atoms with Gasteiger partial charge in [0.2, 0.25) is 5.91 Å². The fourth-order valence-corrected chi connectivity index (χ4v) is 1.62. The molecule has 1 aliphatic carbocycles. The molecule has 0 bridgehead atoms. The molecule has 0 radical (unpaired) electrons. The Bertz CT molecular complexity index is 134. The zero-order valence-corrected chi connectivity index (χ0v) is 8.01. The van der Waals surface area contributed by atoms with Crippen molar-refractivity contribution in [2.75, 3.05) is 0 Å². The third-order valence-electron chi connectivity index (χ3n) is 1.70. The first-order valence-electron chi connectivity index (χ1n) is 3.35. The van der Waals surface area contributed by atoms with E-state index in [1.807, 2.05) is 0 Å². The van der Waals surface area contributed by atoms with Crippen LogP contribution < -0.4 is 8.85 Å². The van der Waals surface area contributed by atoms with Gasteiger partial charge in [0.05, 0.1) is 0 Å². The van der Waals surface area contributed by atoms with E-state index in [0.717, 1.165) is 12.8 Å². The molecule has 0 aliphatic heterocycles. The summed E-state index contributed by atoms with van der Waals surface area (Å²) in [5.41, 5.74) is 0. The number of rotatable bonds is 2. The van der Waals surface area contributed by atoms with Crippen molar-refractivity contribution in [2.45, 2.75) is 31.8 Å². The number of hydrogen-bond donors (Lipinski definition) is 2. The lowest BCUT2D eigenvalue weighted by molar-refractivity contribution is -0.120. The van der Waals surface area contributed by atoms with Crippen LogP contribution in [0.2, 0.25) is 0 Å². The van der Waals surface area contributed by atoms with Gasteiger partial charge in [0, 0.05) is 41.9 Å². The van der Waals surface area contributed by atoms with Crippen molar-refractivity contribution in [1.82, 2.24) is 8.85 Å². The summed E-state index contributed by atoms with van der Waals surface area (Å²) in [6, 6.07) is 1.03. The van der Waals surface area contributed by atoms with E-state index in [2.05, 4.69) is 31.7 Å². The van der Waals surface area contributed by atoms with Gasteiger partial charge in [-0.2, -0.15) is 0 Å². The normalized spacial score (nSPS) is 31.0.